The number of fused-ring (bicyclic) bond motifs is 1. The summed E-state index contributed by atoms with van der Waals surface area (Å²) in [6.07, 6.45) is 4.17. The summed E-state index contributed by atoms with van der Waals surface area (Å²) in [6.45, 7) is 0. The minimum atomic E-state index is -0.746. The maximum absolute atomic E-state index is 11.2. The van der Waals surface area contributed by atoms with Gasteiger partial charge in [-0.2, -0.15) is 0 Å². The third kappa shape index (κ3) is 1.95. The summed E-state index contributed by atoms with van der Waals surface area (Å²) in [6, 6.07) is 8.62. The number of thiazole rings is 1. The Hall–Kier alpha value is -1.68. The van der Waals surface area contributed by atoms with Gasteiger partial charge in [0.05, 0.1) is 5.69 Å². The van der Waals surface area contributed by atoms with Gasteiger partial charge in [-0.25, -0.2) is 4.98 Å². The third-order valence-electron chi connectivity index (χ3n) is 4.22. The van der Waals surface area contributed by atoms with Crippen molar-refractivity contribution in [3.8, 4) is 10.6 Å². The van der Waals surface area contributed by atoms with Crippen molar-refractivity contribution < 1.29 is 9.90 Å². The van der Waals surface area contributed by atoms with E-state index in [1.165, 1.54) is 18.4 Å². The van der Waals surface area contributed by atoms with Crippen molar-refractivity contribution in [1.82, 2.24) is 4.98 Å². The van der Waals surface area contributed by atoms with Crippen LogP contribution in [0.25, 0.3) is 10.6 Å². The predicted molar refractivity (Wildman–Crippen MR) is 78.2 cm³/mol. The van der Waals surface area contributed by atoms with Crippen molar-refractivity contribution in [3.63, 3.8) is 0 Å². The first kappa shape index (κ1) is 12.1. The summed E-state index contributed by atoms with van der Waals surface area (Å²) in [5, 5.41) is 10.2. The number of nitrogens with zero attached hydrogens (tertiary/aromatic N) is 1. The molecule has 1 fully saturated rings. The monoisotopic (exact) mass is 285 g/mol. The topological polar surface area (TPSA) is 50.2 Å². The average molecular weight is 285 g/mol. The van der Waals surface area contributed by atoms with Crippen LogP contribution >= 0.6 is 11.3 Å². The molecule has 102 valence electrons. The first-order chi connectivity index (χ1) is 9.72. The van der Waals surface area contributed by atoms with Gasteiger partial charge in [-0.1, -0.05) is 24.3 Å². The van der Waals surface area contributed by atoms with E-state index in [1.54, 1.807) is 11.3 Å². The quantitative estimate of drug-likeness (QED) is 0.933. The number of aryl methyl sites for hydroxylation is 1. The molecular weight excluding hydrogens is 270 g/mol. The molecule has 3 nitrogen and oxygen atoms in total. The second-order valence-electron chi connectivity index (χ2n) is 5.65. The van der Waals surface area contributed by atoms with E-state index in [0.29, 0.717) is 6.42 Å². The van der Waals surface area contributed by atoms with Gasteiger partial charge < -0.3 is 5.11 Å². The Morgan fingerprint density at radius 2 is 1.95 bits per heavy atom. The SMILES string of the molecule is O=C(O)C1CCc2sc(-c3ccc(C4CC4)cc3)nc21. The van der Waals surface area contributed by atoms with Crippen molar-refractivity contribution in [1.29, 1.82) is 0 Å². The number of carboxylic acid groups (broad SMARTS) is 1. The largest absolute Gasteiger partial charge is 0.481 e. The summed E-state index contributed by atoms with van der Waals surface area (Å²) in [5.74, 6) is -0.382. The molecule has 0 spiro atoms. The lowest BCUT2D eigenvalue weighted by Crippen LogP contribution is -2.08. The van der Waals surface area contributed by atoms with Crippen molar-refractivity contribution in [2.24, 2.45) is 0 Å². The van der Waals surface area contributed by atoms with Crippen LogP contribution in [-0.4, -0.2) is 16.1 Å². The first-order valence-electron chi connectivity index (χ1n) is 7.05. The van der Waals surface area contributed by atoms with E-state index in [4.69, 9.17) is 0 Å². The summed E-state index contributed by atoms with van der Waals surface area (Å²) < 4.78 is 0. The summed E-state index contributed by atoms with van der Waals surface area (Å²) in [5.41, 5.74) is 3.32. The molecule has 1 heterocycles. The number of benzene rings is 1. The molecule has 20 heavy (non-hydrogen) atoms. The number of hydrogen-bond donors (Lipinski definition) is 1. The van der Waals surface area contributed by atoms with Crippen molar-refractivity contribution in [2.45, 2.75) is 37.5 Å². The van der Waals surface area contributed by atoms with Crippen LogP contribution in [0.4, 0.5) is 0 Å². The molecule has 4 heteroatoms. The molecule has 0 aliphatic heterocycles. The smallest absolute Gasteiger partial charge is 0.312 e. The average Bonchev–Trinajstić information content (AvgIpc) is 3.08. The van der Waals surface area contributed by atoms with Gasteiger partial charge in [0.2, 0.25) is 0 Å². The molecule has 0 bridgehead atoms. The van der Waals surface area contributed by atoms with Crippen molar-refractivity contribution in [3.05, 3.63) is 40.4 Å². The van der Waals surface area contributed by atoms with Gasteiger partial charge in [0.15, 0.2) is 0 Å². The maximum atomic E-state index is 11.2. The first-order valence-corrected chi connectivity index (χ1v) is 7.87. The molecule has 2 aliphatic carbocycles. The van der Waals surface area contributed by atoms with Crippen molar-refractivity contribution >= 4 is 17.3 Å². The molecule has 1 aromatic heterocycles. The molecule has 2 aromatic rings. The van der Waals surface area contributed by atoms with Gasteiger partial charge in [0.1, 0.15) is 10.9 Å². The van der Waals surface area contributed by atoms with Gasteiger partial charge in [0.25, 0.3) is 0 Å². The molecule has 0 radical (unpaired) electrons. The Labute approximate surface area is 121 Å². The van der Waals surface area contributed by atoms with Crippen LogP contribution in [0.5, 0.6) is 0 Å². The Morgan fingerprint density at radius 1 is 1.20 bits per heavy atom. The fraction of sp³-hybridized carbons (Fsp3) is 0.375. The molecule has 0 amide bonds. The molecule has 1 unspecified atom stereocenters. The highest BCUT2D eigenvalue weighted by atomic mass is 32.1. The van der Waals surface area contributed by atoms with E-state index < -0.39 is 11.9 Å². The summed E-state index contributed by atoms with van der Waals surface area (Å²) >= 11 is 1.65. The van der Waals surface area contributed by atoms with E-state index in [2.05, 4.69) is 29.2 Å². The molecule has 1 saturated carbocycles. The number of carboxylic acids is 1. The van der Waals surface area contributed by atoms with Crippen LogP contribution in [0.1, 0.15) is 47.2 Å². The van der Waals surface area contributed by atoms with Gasteiger partial charge in [-0.15, -0.1) is 11.3 Å². The Bertz CT molecular complexity index is 670. The van der Waals surface area contributed by atoms with Crippen LogP contribution in [-0.2, 0) is 11.2 Å². The molecule has 2 aliphatic rings. The Balaban J connectivity index is 1.66. The number of rotatable bonds is 3. The highest BCUT2D eigenvalue weighted by Gasteiger charge is 2.32. The zero-order valence-corrected chi connectivity index (χ0v) is 11.8. The third-order valence-corrected chi connectivity index (χ3v) is 5.40. The van der Waals surface area contributed by atoms with E-state index in [-0.39, 0.29) is 0 Å². The molecule has 1 atom stereocenters. The van der Waals surface area contributed by atoms with Crippen LogP contribution in [0.2, 0.25) is 0 Å². The van der Waals surface area contributed by atoms with Crippen LogP contribution < -0.4 is 0 Å². The number of aliphatic carboxylic acids is 1. The van der Waals surface area contributed by atoms with Gasteiger partial charge >= 0.3 is 5.97 Å². The zero-order valence-electron chi connectivity index (χ0n) is 11.0. The lowest BCUT2D eigenvalue weighted by molar-refractivity contribution is -0.138. The number of carbonyl (C=O) groups is 1. The highest BCUT2D eigenvalue weighted by molar-refractivity contribution is 7.15. The molecule has 4 rings (SSSR count). The predicted octanol–water partition coefficient (Wildman–Crippen LogP) is 3.80. The number of aromatic nitrogens is 1. The number of hydrogen-bond acceptors (Lipinski definition) is 3. The molecule has 1 N–H and O–H groups in total. The van der Waals surface area contributed by atoms with E-state index >= 15 is 0 Å². The Morgan fingerprint density at radius 3 is 2.60 bits per heavy atom. The van der Waals surface area contributed by atoms with Gasteiger partial charge in [-0.05, 0) is 37.2 Å². The second kappa shape index (κ2) is 4.42. The molecule has 0 saturated heterocycles. The lowest BCUT2D eigenvalue weighted by Gasteiger charge is -2.02. The highest BCUT2D eigenvalue weighted by Crippen LogP contribution is 2.42. The Kier molecular flexibility index (Phi) is 2.67. The second-order valence-corrected chi connectivity index (χ2v) is 6.74. The van der Waals surface area contributed by atoms with Gasteiger partial charge in [-0.3, -0.25) is 4.79 Å². The maximum Gasteiger partial charge on any atom is 0.312 e. The fourth-order valence-corrected chi connectivity index (χ4v) is 4.05. The van der Waals surface area contributed by atoms with Gasteiger partial charge in [0, 0.05) is 10.4 Å². The zero-order chi connectivity index (χ0) is 13.7. The minimum Gasteiger partial charge on any atom is -0.481 e. The van der Waals surface area contributed by atoms with E-state index in [0.717, 1.165) is 33.5 Å². The normalized spacial score (nSPS) is 20.9. The van der Waals surface area contributed by atoms with Crippen LogP contribution in [0.3, 0.4) is 0 Å². The summed E-state index contributed by atoms with van der Waals surface area (Å²) in [4.78, 5) is 16.9. The lowest BCUT2D eigenvalue weighted by atomic mass is 10.1. The van der Waals surface area contributed by atoms with Crippen LogP contribution in [0, 0.1) is 0 Å². The minimum absolute atomic E-state index is 0.402. The molecule has 1 aromatic carbocycles. The van der Waals surface area contributed by atoms with Crippen LogP contribution in [0.15, 0.2) is 24.3 Å². The van der Waals surface area contributed by atoms with E-state index in [9.17, 15) is 9.90 Å². The summed E-state index contributed by atoms with van der Waals surface area (Å²) in [7, 11) is 0. The van der Waals surface area contributed by atoms with E-state index in [1.807, 2.05) is 0 Å². The van der Waals surface area contributed by atoms with Crippen molar-refractivity contribution in [2.75, 3.05) is 0 Å². The standard InChI is InChI=1S/C16H15NO2S/c18-16(19)12-7-8-13-14(12)17-15(20-13)11-5-3-10(4-6-11)9-1-2-9/h3-6,9,12H,1-2,7-8H2,(H,18,19). The fourth-order valence-electron chi connectivity index (χ4n) is 2.91. The molecular formula is C16H15NO2S.